The van der Waals surface area contributed by atoms with Crippen LogP contribution in [0.15, 0.2) is 54.6 Å². The molecule has 0 saturated carbocycles. The summed E-state index contributed by atoms with van der Waals surface area (Å²) in [6, 6.07) is 15.2. The van der Waals surface area contributed by atoms with Crippen molar-refractivity contribution in [1.82, 2.24) is 10.2 Å². The first-order chi connectivity index (χ1) is 14.0. The Balaban J connectivity index is 1.53. The van der Waals surface area contributed by atoms with E-state index in [0.717, 1.165) is 10.5 Å². The summed E-state index contributed by atoms with van der Waals surface area (Å²) < 4.78 is 4.78. The van der Waals surface area contributed by atoms with Gasteiger partial charge in [-0.05, 0) is 24.1 Å². The summed E-state index contributed by atoms with van der Waals surface area (Å²) in [5.74, 6) is -1.56. The highest BCUT2D eigenvalue weighted by Crippen LogP contribution is 2.22. The maximum Gasteiger partial charge on any atom is 0.328 e. The summed E-state index contributed by atoms with van der Waals surface area (Å²) in [4.78, 5) is 50.1. The summed E-state index contributed by atoms with van der Waals surface area (Å²) in [6.07, 6.45) is 0.698. The maximum absolute atomic E-state index is 12.3. The molecule has 2 aromatic carbocycles. The highest BCUT2D eigenvalue weighted by Gasteiger charge is 2.34. The fourth-order valence-corrected chi connectivity index (χ4v) is 3.29. The van der Waals surface area contributed by atoms with Gasteiger partial charge in [0.1, 0.15) is 6.04 Å². The van der Waals surface area contributed by atoms with Gasteiger partial charge in [0.2, 0.25) is 5.91 Å². The molecular weight excluding hydrogens is 372 g/mol. The van der Waals surface area contributed by atoms with E-state index in [0.29, 0.717) is 24.0 Å². The van der Waals surface area contributed by atoms with E-state index in [1.807, 2.05) is 30.3 Å². The lowest BCUT2D eigenvalue weighted by atomic mass is 10.1. The average Bonchev–Trinajstić information content (AvgIpc) is 2.98. The van der Waals surface area contributed by atoms with Crippen LogP contribution < -0.4 is 5.32 Å². The number of carbonyl (C=O) groups is 4. The molecule has 0 aliphatic carbocycles. The molecule has 1 heterocycles. The largest absolute Gasteiger partial charge is 0.467 e. The summed E-state index contributed by atoms with van der Waals surface area (Å²) in [5.41, 5.74) is 1.67. The van der Waals surface area contributed by atoms with Crippen LogP contribution in [0.3, 0.4) is 0 Å². The monoisotopic (exact) mass is 394 g/mol. The molecule has 1 atom stereocenters. The number of esters is 1. The Labute approximate surface area is 168 Å². The first kappa shape index (κ1) is 20.3. The van der Waals surface area contributed by atoms with Crippen LogP contribution in [0.25, 0.3) is 0 Å². The van der Waals surface area contributed by atoms with Crippen molar-refractivity contribution in [3.8, 4) is 0 Å². The molecule has 0 unspecified atom stereocenters. The van der Waals surface area contributed by atoms with E-state index < -0.39 is 12.0 Å². The number of imide groups is 1. The molecule has 3 rings (SSSR count). The van der Waals surface area contributed by atoms with Gasteiger partial charge in [-0.2, -0.15) is 0 Å². The molecule has 2 aromatic rings. The van der Waals surface area contributed by atoms with E-state index in [1.165, 1.54) is 7.11 Å². The van der Waals surface area contributed by atoms with Crippen LogP contribution in [0, 0.1) is 0 Å². The highest BCUT2D eigenvalue weighted by molar-refractivity contribution is 6.21. The van der Waals surface area contributed by atoms with Gasteiger partial charge in [-0.15, -0.1) is 0 Å². The van der Waals surface area contributed by atoms with Crippen LogP contribution in [0.5, 0.6) is 0 Å². The van der Waals surface area contributed by atoms with Gasteiger partial charge >= 0.3 is 5.97 Å². The molecule has 0 fully saturated rings. The Kier molecular flexibility index (Phi) is 6.39. The van der Waals surface area contributed by atoms with E-state index in [2.05, 4.69) is 5.32 Å². The van der Waals surface area contributed by atoms with Gasteiger partial charge in [0.05, 0.1) is 18.2 Å². The fraction of sp³-hybridized carbons (Fsp3) is 0.273. The molecule has 1 aliphatic rings. The molecule has 0 saturated heterocycles. The van der Waals surface area contributed by atoms with Crippen molar-refractivity contribution < 1.29 is 23.9 Å². The lowest BCUT2D eigenvalue weighted by Gasteiger charge is -2.17. The van der Waals surface area contributed by atoms with Crippen molar-refractivity contribution in [2.45, 2.75) is 25.3 Å². The minimum absolute atomic E-state index is 0.0791. The number of hydrogen-bond donors (Lipinski definition) is 1. The summed E-state index contributed by atoms with van der Waals surface area (Å²) >= 11 is 0. The number of fused-ring (bicyclic) bond motifs is 1. The smallest absolute Gasteiger partial charge is 0.328 e. The van der Waals surface area contributed by atoms with E-state index >= 15 is 0 Å². The second-order valence-corrected chi connectivity index (χ2v) is 6.74. The predicted octanol–water partition coefficient (Wildman–Crippen LogP) is 1.96. The Morgan fingerprint density at radius 2 is 1.55 bits per heavy atom. The first-order valence-corrected chi connectivity index (χ1v) is 9.37. The van der Waals surface area contributed by atoms with E-state index in [-0.39, 0.29) is 30.7 Å². The molecule has 7 nitrogen and oxygen atoms in total. The number of amides is 3. The van der Waals surface area contributed by atoms with Crippen LogP contribution in [0.2, 0.25) is 0 Å². The van der Waals surface area contributed by atoms with E-state index in [9.17, 15) is 19.2 Å². The van der Waals surface area contributed by atoms with Gasteiger partial charge in [-0.1, -0.05) is 42.5 Å². The molecule has 7 heteroatoms. The standard InChI is InChI=1S/C22H22N2O5/c1-29-22(28)18(14-15-8-3-2-4-9-15)23-19(25)12-7-13-24-20(26)16-10-5-6-11-17(16)21(24)27/h2-6,8-11,18H,7,12-14H2,1H3,(H,23,25)/t18-/m0/s1. The van der Waals surface area contributed by atoms with Crippen LogP contribution in [-0.4, -0.2) is 48.3 Å². The Morgan fingerprint density at radius 1 is 0.966 bits per heavy atom. The molecule has 0 radical (unpaired) electrons. The molecule has 150 valence electrons. The molecule has 0 spiro atoms. The number of nitrogens with zero attached hydrogens (tertiary/aromatic N) is 1. The minimum Gasteiger partial charge on any atom is -0.467 e. The molecular formula is C22H22N2O5. The third-order valence-electron chi connectivity index (χ3n) is 4.77. The normalized spacial score (nSPS) is 13.8. The van der Waals surface area contributed by atoms with Gasteiger partial charge in [0, 0.05) is 19.4 Å². The van der Waals surface area contributed by atoms with Crippen LogP contribution in [-0.2, 0) is 20.7 Å². The van der Waals surface area contributed by atoms with Crippen molar-refractivity contribution in [1.29, 1.82) is 0 Å². The van der Waals surface area contributed by atoms with Crippen LogP contribution in [0.4, 0.5) is 0 Å². The Hall–Kier alpha value is -3.48. The molecule has 0 bridgehead atoms. The molecule has 0 aromatic heterocycles. The van der Waals surface area contributed by atoms with Gasteiger partial charge in [-0.3, -0.25) is 19.3 Å². The second kappa shape index (κ2) is 9.14. The zero-order valence-corrected chi connectivity index (χ0v) is 16.1. The lowest BCUT2D eigenvalue weighted by molar-refractivity contribution is -0.145. The van der Waals surface area contributed by atoms with Gasteiger partial charge in [-0.25, -0.2) is 4.79 Å². The number of nitrogens with one attached hydrogen (secondary N) is 1. The van der Waals surface area contributed by atoms with Gasteiger partial charge in [0.15, 0.2) is 0 Å². The molecule has 1 N–H and O–H groups in total. The Bertz CT molecular complexity index is 891. The number of rotatable bonds is 8. The second-order valence-electron chi connectivity index (χ2n) is 6.74. The minimum atomic E-state index is -0.797. The van der Waals surface area contributed by atoms with Crippen molar-refractivity contribution in [3.63, 3.8) is 0 Å². The van der Waals surface area contributed by atoms with Crippen LogP contribution >= 0.6 is 0 Å². The third-order valence-corrected chi connectivity index (χ3v) is 4.77. The average molecular weight is 394 g/mol. The number of ether oxygens (including phenoxy) is 1. The van der Waals surface area contributed by atoms with Crippen molar-refractivity contribution in [2.75, 3.05) is 13.7 Å². The Morgan fingerprint density at radius 3 is 2.14 bits per heavy atom. The zero-order chi connectivity index (χ0) is 20.8. The molecule has 3 amide bonds. The number of benzene rings is 2. The third kappa shape index (κ3) is 4.68. The number of hydrogen-bond acceptors (Lipinski definition) is 5. The van der Waals surface area contributed by atoms with Crippen LogP contribution in [0.1, 0.15) is 39.1 Å². The number of carbonyl (C=O) groups excluding carboxylic acids is 4. The van der Waals surface area contributed by atoms with Crippen molar-refractivity contribution >= 4 is 23.7 Å². The predicted molar refractivity (Wildman–Crippen MR) is 105 cm³/mol. The first-order valence-electron chi connectivity index (χ1n) is 9.37. The summed E-state index contributed by atoms with van der Waals surface area (Å²) in [7, 11) is 1.27. The summed E-state index contributed by atoms with van der Waals surface area (Å²) in [5, 5.41) is 2.68. The molecule has 1 aliphatic heterocycles. The topological polar surface area (TPSA) is 92.8 Å². The molecule has 29 heavy (non-hydrogen) atoms. The highest BCUT2D eigenvalue weighted by atomic mass is 16.5. The van der Waals surface area contributed by atoms with Crippen molar-refractivity contribution in [3.05, 3.63) is 71.3 Å². The number of methoxy groups -OCH3 is 1. The van der Waals surface area contributed by atoms with Gasteiger partial charge in [0.25, 0.3) is 11.8 Å². The maximum atomic E-state index is 12.3. The summed E-state index contributed by atoms with van der Waals surface area (Å²) in [6.45, 7) is 0.140. The van der Waals surface area contributed by atoms with E-state index in [1.54, 1.807) is 24.3 Å². The lowest BCUT2D eigenvalue weighted by Crippen LogP contribution is -2.43. The SMILES string of the molecule is COC(=O)[C@H](Cc1ccccc1)NC(=O)CCCN1C(=O)c2ccccc2C1=O. The quantitative estimate of drug-likeness (QED) is 0.546. The van der Waals surface area contributed by atoms with E-state index in [4.69, 9.17) is 4.74 Å². The van der Waals surface area contributed by atoms with Crippen molar-refractivity contribution in [2.24, 2.45) is 0 Å². The fourth-order valence-electron chi connectivity index (χ4n) is 3.29. The zero-order valence-electron chi connectivity index (χ0n) is 16.1. The van der Waals surface area contributed by atoms with Gasteiger partial charge < -0.3 is 10.1 Å².